The topological polar surface area (TPSA) is 58.6 Å². The number of methoxy groups -OCH3 is 1. The van der Waals surface area contributed by atoms with Crippen molar-refractivity contribution in [1.29, 1.82) is 0 Å². The van der Waals surface area contributed by atoms with Crippen LogP contribution in [0.1, 0.15) is 29.9 Å². The highest BCUT2D eigenvalue weighted by atomic mass is 16.5. The molecule has 0 aliphatic carbocycles. The summed E-state index contributed by atoms with van der Waals surface area (Å²) in [5.41, 5.74) is 4.00. The molecule has 0 bridgehead atoms. The van der Waals surface area contributed by atoms with Gasteiger partial charge < -0.3 is 15.0 Å². The van der Waals surface area contributed by atoms with Gasteiger partial charge in [0.15, 0.2) is 0 Å². The molecule has 5 nitrogen and oxygen atoms in total. The lowest BCUT2D eigenvalue weighted by molar-refractivity contribution is -0.134. The van der Waals surface area contributed by atoms with E-state index in [0.717, 1.165) is 12.0 Å². The van der Waals surface area contributed by atoms with Crippen molar-refractivity contribution in [2.45, 2.75) is 18.8 Å². The molecule has 1 N–H and O–H groups in total. The summed E-state index contributed by atoms with van der Waals surface area (Å²) in [5.74, 6) is 0.106. The summed E-state index contributed by atoms with van der Waals surface area (Å²) in [7, 11) is 1.60. The van der Waals surface area contributed by atoms with E-state index in [1.165, 1.54) is 11.1 Å². The highest BCUT2D eigenvalue weighted by Crippen LogP contribution is 2.36. The predicted molar refractivity (Wildman–Crippen MR) is 105 cm³/mol. The van der Waals surface area contributed by atoms with Gasteiger partial charge in [-0.05, 0) is 41.3 Å². The van der Waals surface area contributed by atoms with E-state index in [-0.39, 0.29) is 18.2 Å². The highest BCUT2D eigenvalue weighted by Gasteiger charge is 2.34. The van der Waals surface area contributed by atoms with Crippen LogP contribution in [-0.2, 0) is 9.59 Å². The van der Waals surface area contributed by atoms with E-state index in [2.05, 4.69) is 23.5 Å². The molecule has 2 aliphatic rings. The molecule has 0 spiro atoms. The molecule has 2 amide bonds. The van der Waals surface area contributed by atoms with Crippen molar-refractivity contribution in [2.75, 3.05) is 25.5 Å². The first kappa shape index (κ1) is 17.3. The molecule has 2 heterocycles. The Bertz CT molecular complexity index is 905. The van der Waals surface area contributed by atoms with E-state index in [9.17, 15) is 9.59 Å². The summed E-state index contributed by atoms with van der Waals surface area (Å²) in [5, 5.41) is 2.85. The van der Waals surface area contributed by atoms with E-state index in [4.69, 9.17) is 4.74 Å². The molecule has 2 aromatic rings. The average molecular weight is 362 g/mol. The number of benzene rings is 2. The summed E-state index contributed by atoms with van der Waals surface area (Å²) in [6.07, 6.45) is 3.11. The van der Waals surface area contributed by atoms with Crippen LogP contribution in [0.15, 0.2) is 54.6 Å². The van der Waals surface area contributed by atoms with Gasteiger partial charge in [-0.1, -0.05) is 36.4 Å². The van der Waals surface area contributed by atoms with Gasteiger partial charge in [-0.3, -0.25) is 9.59 Å². The number of carbonyl (C=O) groups excluding carboxylic acids is 2. The standard InChI is InChI=1S/C22H22N2O3/c1-27-17-7-8-20-18(13-17)19(14-21(25)23-20)22(26)24-11-9-16(10-12-24)15-5-3-2-4-6-15/h2-9,13,19H,10-12,14H2,1H3,(H,23,25)/t19-/m1/s1. The third kappa shape index (κ3) is 3.45. The van der Waals surface area contributed by atoms with E-state index in [0.29, 0.717) is 24.5 Å². The van der Waals surface area contributed by atoms with E-state index < -0.39 is 5.92 Å². The quantitative estimate of drug-likeness (QED) is 0.910. The van der Waals surface area contributed by atoms with Gasteiger partial charge in [0.05, 0.1) is 13.0 Å². The van der Waals surface area contributed by atoms with Gasteiger partial charge in [0, 0.05) is 25.2 Å². The minimum absolute atomic E-state index is 0.00251. The summed E-state index contributed by atoms with van der Waals surface area (Å²) in [6, 6.07) is 15.7. The molecule has 1 atom stereocenters. The maximum atomic E-state index is 13.2. The van der Waals surface area contributed by atoms with Gasteiger partial charge in [-0.15, -0.1) is 0 Å². The molecular formula is C22H22N2O3. The van der Waals surface area contributed by atoms with Crippen molar-refractivity contribution in [2.24, 2.45) is 0 Å². The van der Waals surface area contributed by atoms with Gasteiger partial charge in [-0.2, -0.15) is 0 Å². The fraction of sp³-hybridized carbons (Fsp3) is 0.273. The van der Waals surface area contributed by atoms with Crippen LogP contribution in [0.4, 0.5) is 5.69 Å². The first-order valence-corrected chi connectivity index (χ1v) is 9.17. The Labute approximate surface area is 158 Å². The number of rotatable bonds is 3. The number of ether oxygens (including phenoxy) is 1. The SMILES string of the molecule is COc1ccc2c(c1)[C@H](C(=O)N1CC=C(c3ccccc3)CC1)CC(=O)N2. The van der Waals surface area contributed by atoms with Crippen LogP contribution in [0.3, 0.4) is 0 Å². The zero-order valence-electron chi connectivity index (χ0n) is 15.3. The molecule has 27 heavy (non-hydrogen) atoms. The smallest absolute Gasteiger partial charge is 0.231 e. The van der Waals surface area contributed by atoms with Crippen LogP contribution in [0.2, 0.25) is 0 Å². The lowest BCUT2D eigenvalue weighted by Gasteiger charge is -2.32. The number of anilines is 1. The van der Waals surface area contributed by atoms with Gasteiger partial charge in [0.2, 0.25) is 11.8 Å². The summed E-state index contributed by atoms with van der Waals surface area (Å²) < 4.78 is 5.30. The number of carbonyl (C=O) groups is 2. The molecular weight excluding hydrogens is 340 g/mol. The number of nitrogens with zero attached hydrogens (tertiary/aromatic N) is 1. The second-order valence-corrected chi connectivity index (χ2v) is 6.89. The summed E-state index contributed by atoms with van der Waals surface area (Å²) in [6.45, 7) is 1.23. The molecule has 0 saturated carbocycles. The Hall–Kier alpha value is -3.08. The molecule has 0 radical (unpaired) electrons. The van der Waals surface area contributed by atoms with E-state index in [1.54, 1.807) is 19.2 Å². The van der Waals surface area contributed by atoms with E-state index in [1.807, 2.05) is 29.2 Å². The number of hydrogen-bond donors (Lipinski definition) is 1. The lowest BCUT2D eigenvalue weighted by atomic mass is 9.88. The van der Waals surface area contributed by atoms with Crippen molar-refractivity contribution in [3.8, 4) is 5.75 Å². The Morgan fingerprint density at radius 2 is 2.00 bits per heavy atom. The number of fused-ring (bicyclic) bond motifs is 1. The highest BCUT2D eigenvalue weighted by molar-refractivity contribution is 6.01. The van der Waals surface area contributed by atoms with Gasteiger partial charge in [-0.25, -0.2) is 0 Å². The minimum atomic E-state index is -0.462. The molecule has 5 heteroatoms. The largest absolute Gasteiger partial charge is 0.497 e. The molecule has 138 valence electrons. The Balaban J connectivity index is 1.56. The number of hydrogen-bond acceptors (Lipinski definition) is 3. The second kappa shape index (κ2) is 7.27. The van der Waals surface area contributed by atoms with Crippen LogP contribution >= 0.6 is 0 Å². The maximum Gasteiger partial charge on any atom is 0.231 e. The Kier molecular flexibility index (Phi) is 4.67. The van der Waals surface area contributed by atoms with Crippen LogP contribution in [0, 0.1) is 0 Å². The second-order valence-electron chi connectivity index (χ2n) is 6.89. The lowest BCUT2D eigenvalue weighted by Crippen LogP contribution is -2.40. The van der Waals surface area contributed by atoms with Gasteiger partial charge >= 0.3 is 0 Å². The van der Waals surface area contributed by atoms with Crippen LogP contribution in [0.25, 0.3) is 5.57 Å². The Morgan fingerprint density at radius 3 is 2.70 bits per heavy atom. The third-order valence-electron chi connectivity index (χ3n) is 5.26. The van der Waals surface area contributed by atoms with Crippen molar-refractivity contribution >= 4 is 23.1 Å². The van der Waals surface area contributed by atoms with Crippen molar-refractivity contribution in [3.05, 3.63) is 65.7 Å². The third-order valence-corrected chi connectivity index (χ3v) is 5.26. The van der Waals surface area contributed by atoms with E-state index >= 15 is 0 Å². The van der Waals surface area contributed by atoms with Gasteiger partial charge in [0.1, 0.15) is 5.75 Å². The average Bonchev–Trinajstić information content (AvgIpc) is 2.73. The molecule has 0 fully saturated rings. The monoisotopic (exact) mass is 362 g/mol. The van der Waals surface area contributed by atoms with Crippen LogP contribution < -0.4 is 10.1 Å². The molecule has 2 aromatic carbocycles. The number of nitrogens with one attached hydrogen (secondary N) is 1. The first-order valence-electron chi connectivity index (χ1n) is 9.17. The minimum Gasteiger partial charge on any atom is -0.497 e. The van der Waals surface area contributed by atoms with Crippen molar-refractivity contribution in [3.63, 3.8) is 0 Å². The molecule has 2 aliphatic heterocycles. The van der Waals surface area contributed by atoms with Crippen molar-refractivity contribution in [1.82, 2.24) is 4.90 Å². The molecule has 0 unspecified atom stereocenters. The number of amides is 2. The normalized spacial score (nSPS) is 19.0. The van der Waals surface area contributed by atoms with Crippen molar-refractivity contribution < 1.29 is 14.3 Å². The zero-order valence-corrected chi connectivity index (χ0v) is 15.3. The fourth-order valence-electron chi connectivity index (χ4n) is 3.79. The summed E-state index contributed by atoms with van der Waals surface area (Å²) >= 11 is 0. The Morgan fingerprint density at radius 1 is 1.19 bits per heavy atom. The summed E-state index contributed by atoms with van der Waals surface area (Å²) in [4.78, 5) is 27.1. The maximum absolute atomic E-state index is 13.2. The first-order chi connectivity index (χ1) is 13.2. The van der Waals surface area contributed by atoms with Crippen LogP contribution in [0.5, 0.6) is 5.75 Å². The fourth-order valence-corrected chi connectivity index (χ4v) is 3.79. The molecule has 4 rings (SSSR count). The molecule has 0 aromatic heterocycles. The predicted octanol–water partition coefficient (Wildman–Crippen LogP) is 3.44. The van der Waals surface area contributed by atoms with Crippen LogP contribution in [-0.4, -0.2) is 36.9 Å². The molecule has 0 saturated heterocycles. The van der Waals surface area contributed by atoms with Gasteiger partial charge in [0.25, 0.3) is 0 Å². The zero-order chi connectivity index (χ0) is 18.8.